The van der Waals surface area contributed by atoms with E-state index in [-0.39, 0.29) is 12.6 Å². The smallest absolute Gasteiger partial charge is 0.317 e. The van der Waals surface area contributed by atoms with E-state index in [1.807, 2.05) is 55.3 Å². The molecule has 2 aromatic rings. The van der Waals surface area contributed by atoms with Gasteiger partial charge in [0.15, 0.2) is 0 Å². The molecule has 122 valence electrons. The normalized spacial score (nSPS) is 12.1. The van der Waals surface area contributed by atoms with Gasteiger partial charge in [0.25, 0.3) is 0 Å². The van der Waals surface area contributed by atoms with Crippen LogP contribution in [0.4, 0.5) is 0 Å². The van der Waals surface area contributed by atoms with Crippen molar-refractivity contribution < 1.29 is 14.6 Å². The van der Waals surface area contributed by atoms with E-state index in [0.29, 0.717) is 6.61 Å². The van der Waals surface area contributed by atoms with E-state index in [4.69, 9.17) is 9.84 Å². The Balaban J connectivity index is 1.85. The van der Waals surface area contributed by atoms with Gasteiger partial charge in [0.2, 0.25) is 0 Å². The highest BCUT2D eigenvalue weighted by molar-refractivity contribution is 5.69. The summed E-state index contributed by atoms with van der Waals surface area (Å²) in [4.78, 5) is 16.5. The van der Waals surface area contributed by atoms with Gasteiger partial charge < -0.3 is 9.84 Å². The summed E-state index contributed by atoms with van der Waals surface area (Å²) in [5.74, 6) is 0.0105. The number of aromatic nitrogens is 1. The van der Waals surface area contributed by atoms with Crippen molar-refractivity contribution in [2.45, 2.75) is 26.0 Å². The number of rotatable bonds is 8. The van der Waals surface area contributed by atoms with E-state index < -0.39 is 5.97 Å². The number of hydrogen-bond donors (Lipinski definition) is 1. The van der Waals surface area contributed by atoms with Crippen molar-refractivity contribution >= 4 is 5.97 Å². The molecular formula is C18H22N2O3. The summed E-state index contributed by atoms with van der Waals surface area (Å²) < 4.78 is 5.74. The fourth-order valence-corrected chi connectivity index (χ4v) is 2.23. The van der Waals surface area contributed by atoms with Crippen molar-refractivity contribution in [3.05, 3.63) is 59.9 Å². The van der Waals surface area contributed by atoms with E-state index in [1.165, 1.54) is 0 Å². The van der Waals surface area contributed by atoms with Crippen LogP contribution in [0, 0.1) is 0 Å². The quantitative estimate of drug-likeness (QED) is 0.811. The van der Waals surface area contributed by atoms with Gasteiger partial charge in [-0.05, 0) is 55.8 Å². The summed E-state index contributed by atoms with van der Waals surface area (Å²) in [6.07, 6.45) is 4.29. The van der Waals surface area contributed by atoms with Crippen LogP contribution in [0.25, 0.3) is 0 Å². The SMILES string of the molecule is C[C@H](Cc1ccc(OCc2ccncc2)cc1)N(C)CC(=O)O. The van der Waals surface area contributed by atoms with E-state index in [1.54, 1.807) is 12.4 Å². The summed E-state index contributed by atoms with van der Waals surface area (Å²) in [5, 5.41) is 8.83. The third-order valence-corrected chi connectivity index (χ3v) is 3.75. The molecule has 1 heterocycles. The minimum Gasteiger partial charge on any atom is -0.489 e. The molecule has 1 aromatic carbocycles. The zero-order chi connectivity index (χ0) is 16.7. The minimum absolute atomic E-state index is 0.0499. The predicted molar refractivity (Wildman–Crippen MR) is 88.4 cm³/mol. The van der Waals surface area contributed by atoms with Crippen LogP contribution in [-0.2, 0) is 17.8 Å². The Bertz CT molecular complexity index is 614. The van der Waals surface area contributed by atoms with Crippen molar-refractivity contribution in [2.24, 2.45) is 0 Å². The van der Waals surface area contributed by atoms with Crippen LogP contribution in [0.2, 0.25) is 0 Å². The van der Waals surface area contributed by atoms with Crippen LogP contribution in [0.3, 0.4) is 0 Å². The average molecular weight is 314 g/mol. The lowest BCUT2D eigenvalue weighted by atomic mass is 10.1. The molecule has 0 radical (unpaired) electrons. The molecule has 0 aliphatic carbocycles. The molecule has 1 N–H and O–H groups in total. The van der Waals surface area contributed by atoms with Gasteiger partial charge >= 0.3 is 5.97 Å². The number of nitrogens with zero attached hydrogens (tertiary/aromatic N) is 2. The van der Waals surface area contributed by atoms with Crippen LogP contribution in [0.1, 0.15) is 18.1 Å². The van der Waals surface area contributed by atoms with Gasteiger partial charge in [0.1, 0.15) is 12.4 Å². The van der Waals surface area contributed by atoms with Crippen LogP contribution in [0.5, 0.6) is 5.75 Å². The molecule has 0 aliphatic rings. The van der Waals surface area contributed by atoms with E-state index in [2.05, 4.69) is 4.98 Å². The zero-order valence-electron chi connectivity index (χ0n) is 13.5. The first-order valence-electron chi connectivity index (χ1n) is 7.57. The molecule has 5 nitrogen and oxygen atoms in total. The lowest BCUT2D eigenvalue weighted by Gasteiger charge is -2.22. The highest BCUT2D eigenvalue weighted by atomic mass is 16.5. The summed E-state index contributed by atoms with van der Waals surface area (Å²) in [6.45, 7) is 2.59. The molecule has 5 heteroatoms. The first kappa shape index (κ1) is 17.0. The van der Waals surface area contributed by atoms with Crippen LogP contribution >= 0.6 is 0 Å². The lowest BCUT2D eigenvalue weighted by molar-refractivity contribution is -0.138. The fourth-order valence-electron chi connectivity index (χ4n) is 2.23. The van der Waals surface area contributed by atoms with Gasteiger partial charge in [-0.25, -0.2) is 0 Å². The maximum Gasteiger partial charge on any atom is 0.317 e. The Morgan fingerprint density at radius 2 is 1.83 bits per heavy atom. The molecule has 0 aliphatic heterocycles. The maximum absolute atomic E-state index is 10.7. The number of aliphatic carboxylic acids is 1. The van der Waals surface area contributed by atoms with E-state index in [0.717, 1.165) is 23.3 Å². The van der Waals surface area contributed by atoms with Crippen molar-refractivity contribution in [1.82, 2.24) is 9.88 Å². The number of carbonyl (C=O) groups is 1. The molecule has 0 fully saturated rings. The van der Waals surface area contributed by atoms with Crippen LogP contribution < -0.4 is 4.74 Å². The molecule has 1 aromatic heterocycles. The molecule has 0 spiro atoms. The second-order valence-corrected chi connectivity index (χ2v) is 5.65. The third kappa shape index (κ3) is 5.71. The maximum atomic E-state index is 10.7. The summed E-state index contributed by atoms with van der Waals surface area (Å²) in [5.41, 5.74) is 2.24. The molecule has 0 saturated carbocycles. The van der Waals surface area contributed by atoms with Gasteiger partial charge in [-0.3, -0.25) is 14.7 Å². The highest BCUT2D eigenvalue weighted by Crippen LogP contribution is 2.16. The summed E-state index contributed by atoms with van der Waals surface area (Å²) in [7, 11) is 1.82. The Hall–Kier alpha value is -2.40. The monoisotopic (exact) mass is 314 g/mol. The largest absolute Gasteiger partial charge is 0.489 e. The summed E-state index contributed by atoms with van der Waals surface area (Å²) >= 11 is 0. The lowest BCUT2D eigenvalue weighted by Crippen LogP contribution is -2.35. The standard InChI is InChI=1S/C18H22N2O3/c1-14(20(2)12-18(21)22)11-15-3-5-17(6-4-15)23-13-16-7-9-19-10-8-16/h3-10,14H,11-13H2,1-2H3,(H,21,22)/t14-/m1/s1. The molecule has 0 unspecified atom stereocenters. The number of carboxylic acid groups (broad SMARTS) is 1. The predicted octanol–water partition coefficient (Wildman–Crippen LogP) is 2.61. The Morgan fingerprint density at radius 3 is 2.43 bits per heavy atom. The number of pyridine rings is 1. The zero-order valence-corrected chi connectivity index (χ0v) is 13.5. The van der Waals surface area contributed by atoms with Gasteiger partial charge in [0, 0.05) is 18.4 Å². The second-order valence-electron chi connectivity index (χ2n) is 5.65. The third-order valence-electron chi connectivity index (χ3n) is 3.75. The number of carboxylic acids is 1. The molecule has 0 amide bonds. The van der Waals surface area contributed by atoms with Gasteiger partial charge in [0.05, 0.1) is 6.54 Å². The van der Waals surface area contributed by atoms with Crippen molar-refractivity contribution in [2.75, 3.05) is 13.6 Å². The van der Waals surface area contributed by atoms with Gasteiger partial charge in [-0.1, -0.05) is 12.1 Å². The Labute approximate surface area is 136 Å². The van der Waals surface area contributed by atoms with Crippen molar-refractivity contribution in [3.8, 4) is 5.75 Å². The molecule has 2 rings (SSSR count). The number of benzene rings is 1. The van der Waals surface area contributed by atoms with Crippen molar-refractivity contribution in [3.63, 3.8) is 0 Å². The number of ether oxygens (including phenoxy) is 1. The van der Waals surface area contributed by atoms with Gasteiger partial charge in [-0.2, -0.15) is 0 Å². The van der Waals surface area contributed by atoms with Crippen molar-refractivity contribution in [1.29, 1.82) is 0 Å². The average Bonchev–Trinajstić information content (AvgIpc) is 2.54. The topological polar surface area (TPSA) is 62.7 Å². The first-order valence-corrected chi connectivity index (χ1v) is 7.57. The minimum atomic E-state index is -0.806. The summed E-state index contributed by atoms with van der Waals surface area (Å²) in [6, 6.07) is 11.9. The number of likely N-dealkylation sites (N-methyl/N-ethyl adjacent to an activating group) is 1. The molecule has 1 atom stereocenters. The van der Waals surface area contributed by atoms with Crippen LogP contribution in [-0.4, -0.2) is 40.6 Å². The van der Waals surface area contributed by atoms with Gasteiger partial charge in [-0.15, -0.1) is 0 Å². The molecule has 23 heavy (non-hydrogen) atoms. The Morgan fingerprint density at radius 1 is 1.17 bits per heavy atom. The second kappa shape index (κ2) is 8.29. The van der Waals surface area contributed by atoms with Crippen LogP contribution in [0.15, 0.2) is 48.8 Å². The molecular weight excluding hydrogens is 292 g/mol. The van der Waals surface area contributed by atoms with E-state index in [9.17, 15) is 4.79 Å². The fraction of sp³-hybridized carbons (Fsp3) is 0.333. The molecule has 0 saturated heterocycles. The molecule has 0 bridgehead atoms. The van der Waals surface area contributed by atoms with E-state index >= 15 is 0 Å². The highest BCUT2D eigenvalue weighted by Gasteiger charge is 2.12. The Kier molecular flexibility index (Phi) is 6.11. The number of hydrogen-bond acceptors (Lipinski definition) is 4. The first-order chi connectivity index (χ1) is 11.0.